The van der Waals surface area contributed by atoms with Gasteiger partial charge in [-0.05, 0) is 48.7 Å². The Balaban J connectivity index is 1.74. The fourth-order valence-electron chi connectivity index (χ4n) is 2.76. The van der Waals surface area contributed by atoms with Gasteiger partial charge in [0.05, 0.1) is 4.90 Å². The summed E-state index contributed by atoms with van der Waals surface area (Å²) in [4.78, 5) is 14.3. The summed E-state index contributed by atoms with van der Waals surface area (Å²) in [6.07, 6.45) is 1.98. The molecule has 1 heterocycles. The van der Waals surface area contributed by atoms with Crippen molar-refractivity contribution in [2.24, 2.45) is 0 Å². The zero-order chi connectivity index (χ0) is 17.9. The predicted octanol–water partition coefficient (Wildman–Crippen LogP) is 3.05. The number of likely N-dealkylation sites (tertiary alicyclic amines) is 1. The van der Waals surface area contributed by atoms with Crippen molar-refractivity contribution in [3.8, 4) is 0 Å². The van der Waals surface area contributed by atoms with Crippen molar-refractivity contribution in [2.75, 3.05) is 13.1 Å². The van der Waals surface area contributed by atoms with Gasteiger partial charge in [-0.3, -0.25) is 4.79 Å². The third kappa shape index (κ3) is 4.39. The number of nitrogens with zero attached hydrogens (tertiary/aromatic N) is 1. The Kier molecular flexibility index (Phi) is 5.42. The number of hydrogen-bond donors (Lipinski definition) is 1. The fourth-order valence-corrected chi connectivity index (χ4v) is 3.95. The predicted molar refractivity (Wildman–Crippen MR) is 97.1 cm³/mol. The number of rotatable bonds is 5. The second-order valence-electron chi connectivity index (χ2n) is 5.98. The van der Waals surface area contributed by atoms with E-state index in [1.54, 1.807) is 41.3 Å². The van der Waals surface area contributed by atoms with E-state index in [4.69, 9.17) is 11.6 Å². The van der Waals surface area contributed by atoms with Crippen LogP contribution in [0.25, 0.3) is 0 Å². The smallest absolute Gasteiger partial charge is 0.253 e. The van der Waals surface area contributed by atoms with Crippen molar-refractivity contribution in [2.45, 2.75) is 24.3 Å². The lowest BCUT2D eigenvalue weighted by Gasteiger charge is -2.15. The van der Waals surface area contributed by atoms with E-state index in [0.29, 0.717) is 10.6 Å². The molecule has 0 spiro atoms. The van der Waals surface area contributed by atoms with E-state index in [1.165, 1.54) is 12.1 Å². The number of sulfonamides is 1. The van der Waals surface area contributed by atoms with E-state index in [0.717, 1.165) is 31.5 Å². The highest BCUT2D eigenvalue weighted by Crippen LogP contribution is 2.17. The lowest BCUT2D eigenvalue weighted by molar-refractivity contribution is 0.0792. The number of nitrogens with one attached hydrogen (secondary N) is 1. The maximum atomic E-state index is 12.5. The van der Waals surface area contributed by atoms with Gasteiger partial charge >= 0.3 is 0 Å². The van der Waals surface area contributed by atoms with Crippen LogP contribution in [0.3, 0.4) is 0 Å². The van der Waals surface area contributed by atoms with Gasteiger partial charge in [0, 0.05) is 30.2 Å². The van der Waals surface area contributed by atoms with E-state index < -0.39 is 10.0 Å². The molecule has 0 atom stereocenters. The molecule has 1 amide bonds. The van der Waals surface area contributed by atoms with Crippen molar-refractivity contribution in [1.82, 2.24) is 9.62 Å². The van der Waals surface area contributed by atoms with Gasteiger partial charge in [-0.15, -0.1) is 0 Å². The molecule has 0 aromatic heterocycles. The molecule has 2 aromatic carbocycles. The van der Waals surface area contributed by atoms with E-state index in [1.807, 2.05) is 0 Å². The van der Waals surface area contributed by atoms with E-state index in [2.05, 4.69) is 4.72 Å². The van der Waals surface area contributed by atoms with Gasteiger partial charge in [0.15, 0.2) is 0 Å². The second-order valence-corrected chi connectivity index (χ2v) is 8.18. The molecule has 1 N–H and O–H groups in total. The van der Waals surface area contributed by atoms with Crippen LogP contribution in [0.1, 0.15) is 28.8 Å². The van der Waals surface area contributed by atoms with E-state index >= 15 is 0 Å². The molecule has 3 rings (SSSR count). The average molecular weight is 379 g/mol. The molecule has 7 heteroatoms. The first kappa shape index (κ1) is 17.9. The minimum Gasteiger partial charge on any atom is -0.339 e. The van der Waals surface area contributed by atoms with Crippen LogP contribution in [0.4, 0.5) is 0 Å². The highest BCUT2D eigenvalue weighted by Gasteiger charge is 2.21. The largest absolute Gasteiger partial charge is 0.339 e. The lowest BCUT2D eigenvalue weighted by Crippen LogP contribution is -2.28. The molecule has 0 bridgehead atoms. The summed E-state index contributed by atoms with van der Waals surface area (Å²) in [5.74, 6) is -0.118. The zero-order valence-electron chi connectivity index (χ0n) is 13.6. The molecule has 1 fully saturated rings. The normalized spacial score (nSPS) is 14.7. The Bertz CT molecular complexity index is 860. The highest BCUT2D eigenvalue weighted by atomic mass is 35.5. The van der Waals surface area contributed by atoms with Crippen molar-refractivity contribution >= 4 is 27.5 Å². The van der Waals surface area contributed by atoms with Gasteiger partial charge in [0.25, 0.3) is 5.91 Å². The fraction of sp³-hybridized carbons (Fsp3) is 0.278. The average Bonchev–Trinajstić information content (AvgIpc) is 3.15. The third-order valence-electron chi connectivity index (χ3n) is 4.16. The number of halogens is 1. The summed E-state index contributed by atoms with van der Waals surface area (Å²) in [5, 5.41) is 0.597. The molecule has 5 nitrogen and oxygen atoms in total. The number of benzene rings is 2. The first-order valence-corrected chi connectivity index (χ1v) is 9.95. The van der Waals surface area contributed by atoms with Gasteiger partial charge in [-0.2, -0.15) is 0 Å². The maximum absolute atomic E-state index is 12.5. The first-order valence-electron chi connectivity index (χ1n) is 8.09. The van der Waals surface area contributed by atoms with Crippen LogP contribution in [0.2, 0.25) is 5.02 Å². The van der Waals surface area contributed by atoms with Crippen LogP contribution in [-0.4, -0.2) is 32.3 Å². The van der Waals surface area contributed by atoms with Crippen LogP contribution in [0.5, 0.6) is 0 Å². The van der Waals surface area contributed by atoms with Crippen LogP contribution < -0.4 is 4.72 Å². The van der Waals surface area contributed by atoms with Crippen LogP contribution in [0, 0.1) is 0 Å². The number of amides is 1. The van der Waals surface area contributed by atoms with Gasteiger partial charge in [-0.1, -0.05) is 29.8 Å². The molecule has 132 valence electrons. The molecule has 0 radical (unpaired) electrons. The zero-order valence-corrected chi connectivity index (χ0v) is 15.2. The second kappa shape index (κ2) is 7.56. The molecule has 0 aliphatic carbocycles. The van der Waals surface area contributed by atoms with Gasteiger partial charge < -0.3 is 4.90 Å². The quantitative estimate of drug-likeness (QED) is 0.869. The summed E-state index contributed by atoms with van der Waals surface area (Å²) in [6.45, 7) is 1.61. The number of carbonyl (C=O) groups excluding carboxylic acids is 1. The molecule has 1 aliphatic rings. The Morgan fingerprint density at radius 2 is 1.76 bits per heavy atom. The maximum Gasteiger partial charge on any atom is 0.253 e. The van der Waals surface area contributed by atoms with E-state index in [-0.39, 0.29) is 17.3 Å². The van der Waals surface area contributed by atoms with Crippen LogP contribution >= 0.6 is 11.6 Å². The summed E-state index contributed by atoms with van der Waals surface area (Å²) in [7, 11) is -3.70. The Morgan fingerprint density at radius 3 is 2.44 bits per heavy atom. The summed E-state index contributed by atoms with van der Waals surface area (Å²) < 4.78 is 27.6. The molecule has 0 saturated carbocycles. The van der Waals surface area contributed by atoms with Crippen molar-refractivity contribution in [3.63, 3.8) is 0 Å². The van der Waals surface area contributed by atoms with Crippen molar-refractivity contribution < 1.29 is 13.2 Å². The topological polar surface area (TPSA) is 66.5 Å². The molecule has 2 aromatic rings. The summed E-state index contributed by atoms with van der Waals surface area (Å²) in [5.41, 5.74) is 1.20. The van der Waals surface area contributed by atoms with Gasteiger partial charge in [-0.25, -0.2) is 13.1 Å². The SMILES string of the molecule is O=C(c1cccc(S(=O)(=O)NCc2ccc(Cl)cc2)c1)N1CCCC1. The monoisotopic (exact) mass is 378 g/mol. The minimum absolute atomic E-state index is 0.0894. The Morgan fingerprint density at radius 1 is 1.08 bits per heavy atom. The number of carbonyl (C=O) groups is 1. The van der Waals surface area contributed by atoms with Crippen LogP contribution in [-0.2, 0) is 16.6 Å². The molecular weight excluding hydrogens is 360 g/mol. The summed E-state index contributed by atoms with van der Waals surface area (Å²) in [6, 6.07) is 13.1. The standard InChI is InChI=1S/C18H19ClN2O3S/c19-16-8-6-14(7-9-16)13-20-25(23,24)17-5-3-4-15(12-17)18(22)21-10-1-2-11-21/h3-9,12,20H,1-2,10-11,13H2. The molecule has 25 heavy (non-hydrogen) atoms. The molecule has 1 saturated heterocycles. The molecule has 1 aliphatic heterocycles. The van der Waals surface area contributed by atoms with Crippen LogP contribution in [0.15, 0.2) is 53.4 Å². The Hall–Kier alpha value is -1.89. The van der Waals surface area contributed by atoms with Gasteiger partial charge in [0.2, 0.25) is 10.0 Å². The number of hydrogen-bond acceptors (Lipinski definition) is 3. The van der Waals surface area contributed by atoms with Crippen molar-refractivity contribution in [3.05, 3.63) is 64.7 Å². The van der Waals surface area contributed by atoms with Crippen molar-refractivity contribution in [1.29, 1.82) is 0 Å². The first-order chi connectivity index (χ1) is 12.0. The highest BCUT2D eigenvalue weighted by molar-refractivity contribution is 7.89. The molecular formula is C18H19ClN2O3S. The van der Waals surface area contributed by atoms with E-state index in [9.17, 15) is 13.2 Å². The Labute approximate surface area is 152 Å². The third-order valence-corrected chi connectivity index (χ3v) is 5.82. The lowest BCUT2D eigenvalue weighted by atomic mass is 10.2. The minimum atomic E-state index is -3.70. The van der Waals surface area contributed by atoms with Gasteiger partial charge in [0.1, 0.15) is 0 Å². The molecule has 0 unspecified atom stereocenters. The summed E-state index contributed by atoms with van der Waals surface area (Å²) >= 11 is 5.82.